The summed E-state index contributed by atoms with van der Waals surface area (Å²) in [5.41, 5.74) is -2.90. The summed E-state index contributed by atoms with van der Waals surface area (Å²) >= 11 is 7.19. The van der Waals surface area contributed by atoms with Crippen molar-refractivity contribution in [3.05, 3.63) is 112 Å². The molecule has 366 valence electrons. The summed E-state index contributed by atoms with van der Waals surface area (Å²) in [6.07, 6.45) is -4.26. The number of aryl methyl sites for hydroxylation is 1. The largest absolute Gasteiger partial charge is 0.497 e. The smallest absolute Gasteiger partial charge is 0.418 e. The van der Waals surface area contributed by atoms with Crippen molar-refractivity contribution < 1.29 is 50.8 Å². The van der Waals surface area contributed by atoms with Gasteiger partial charge in [0.25, 0.3) is 0 Å². The van der Waals surface area contributed by atoms with E-state index in [0.717, 1.165) is 11.1 Å². The average Bonchev–Trinajstić information content (AvgIpc) is 3.49. The summed E-state index contributed by atoms with van der Waals surface area (Å²) in [6.45, 7) is 12.1. The maximum Gasteiger partial charge on any atom is 0.418 e. The van der Waals surface area contributed by atoms with E-state index in [-0.39, 0.29) is 73.0 Å². The van der Waals surface area contributed by atoms with Gasteiger partial charge in [-0.15, -0.1) is 0 Å². The second-order valence-electron chi connectivity index (χ2n) is 18.0. The molecule has 1 aliphatic rings. The van der Waals surface area contributed by atoms with Gasteiger partial charge in [0.1, 0.15) is 53.3 Å². The second-order valence-corrected chi connectivity index (χ2v) is 18.4. The number of aromatic nitrogens is 4. The maximum atomic E-state index is 18.0. The number of rotatable bonds is 15. The molecule has 6 aromatic rings. The lowest BCUT2D eigenvalue weighted by Gasteiger charge is -2.31. The number of carbonyl (C=O) groups is 1. The first-order chi connectivity index (χ1) is 32.6. The van der Waals surface area contributed by atoms with E-state index in [1.54, 1.807) is 95.0 Å². The highest BCUT2D eigenvalue weighted by Crippen LogP contribution is 2.51. The molecular formula is C50H54ClF4N7O7. The number of alkyl halides is 3. The summed E-state index contributed by atoms with van der Waals surface area (Å²) < 4.78 is 98.6. The van der Waals surface area contributed by atoms with Crippen LogP contribution in [-0.2, 0) is 28.7 Å². The first kappa shape index (κ1) is 50.2. The lowest BCUT2D eigenvalue weighted by Crippen LogP contribution is -2.33. The molecule has 0 radical (unpaired) electrons. The van der Waals surface area contributed by atoms with Crippen LogP contribution < -0.4 is 34.1 Å². The van der Waals surface area contributed by atoms with Gasteiger partial charge in [0, 0.05) is 32.0 Å². The van der Waals surface area contributed by atoms with E-state index in [1.807, 2.05) is 31.2 Å². The fraction of sp³-hybridized carbons (Fsp3) is 0.380. The van der Waals surface area contributed by atoms with Crippen molar-refractivity contribution in [2.45, 2.75) is 85.0 Å². The van der Waals surface area contributed by atoms with Gasteiger partial charge >= 0.3 is 18.3 Å². The van der Waals surface area contributed by atoms with Crippen LogP contribution in [-0.4, -0.2) is 78.3 Å². The fourth-order valence-corrected chi connectivity index (χ4v) is 8.10. The van der Waals surface area contributed by atoms with E-state index in [4.69, 9.17) is 45.0 Å². The number of halogens is 5. The summed E-state index contributed by atoms with van der Waals surface area (Å²) in [5, 5.41) is 2.21. The first-order valence-corrected chi connectivity index (χ1v) is 22.3. The van der Waals surface area contributed by atoms with E-state index in [2.05, 4.69) is 20.3 Å². The number of nitrogens with one attached hydrogen (secondary N) is 1. The van der Waals surface area contributed by atoms with Gasteiger partial charge in [-0.2, -0.15) is 23.1 Å². The molecule has 1 aliphatic heterocycles. The van der Waals surface area contributed by atoms with Crippen molar-refractivity contribution in [1.29, 1.82) is 0 Å². The Morgan fingerprint density at radius 2 is 1.55 bits per heavy atom. The summed E-state index contributed by atoms with van der Waals surface area (Å²) in [7, 11) is 4.59. The van der Waals surface area contributed by atoms with E-state index < -0.39 is 62.7 Å². The minimum atomic E-state index is -5.03. The normalized spacial score (nSPS) is 13.3. The van der Waals surface area contributed by atoms with Crippen LogP contribution in [0.25, 0.3) is 22.2 Å². The van der Waals surface area contributed by atoms with Crippen LogP contribution in [0.15, 0.2) is 72.9 Å². The number of hydrogen-bond donors (Lipinski definition) is 1. The van der Waals surface area contributed by atoms with Crippen LogP contribution in [0.1, 0.15) is 75.4 Å². The Bertz CT molecular complexity index is 2780. The number of hydrogen-bond acceptors (Lipinski definition) is 13. The number of anilines is 3. The molecule has 0 saturated carbocycles. The third-order valence-electron chi connectivity index (χ3n) is 11.4. The topological polar surface area (TPSA) is 143 Å². The van der Waals surface area contributed by atoms with Gasteiger partial charge in [-0.05, 0) is 102 Å². The number of ether oxygens (including phenoxy) is 6. The molecule has 1 N–H and O–H groups in total. The second kappa shape index (κ2) is 20.1. The SMILES string of the molecule is COc1ccc(CN(Cc2ccc(OC)cc2)c2cc(C)c(C(F)(F)F)c(-c3c(Cl)c4c5c(nc(OCC(C)(C)OC)nc5c3F)N([C@H](C)c3cccnc3NC(=O)OC(C)(C)C)CCO4)n2)cc1. The predicted octanol–water partition coefficient (Wildman–Crippen LogP) is 11.5. The maximum absolute atomic E-state index is 18.0. The zero-order valence-electron chi connectivity index (χ0n) is 40.0. The Morgan fingerprint density at radius 3 is 2.12 bits per heavy atom. The Hall–Kier alpha value is -6.66. The fourth-order valence-electron chi connectivity index (χ4n) is 7.78. The van der Waals surface area contributed by atoms with Gasteiger partial charge in [0.2, 0.25) is 0 Å². The van der Waals surface area contributed by atoms with Crippen LogP contribution in [0.2, 0.25) is 5.02 Å². The van der Waals surface area contributed by atoms with Crippen LogP contribution in [0.5, 0.6) is 23.3 Å². The highest BCUT2D eigenvalue weighted by atomic mass is 35.5. The molecule has 69 heavy (non-hydrogen) atoms. The van der Waals surface area contributed by atoms with Gasteiger partial charge in [-0.3, -0.25) is 5.32 Å². The number of carbonyl (C=O) groups excluding carboxylic acids is 1. The number of nitrogens with zero attached hydrogens (tertiary/aromatic N) is 6. The van der Waals surface area contributed by atoms with E-state index in [9.17, 15) is 4.79 Å². The van der Waals surface area contributed by atoms with Crippen LogP contribution >= 0.6 is 11.6 Å². The molecule has 3 aromatic carbocycles. The number of methoxy groups -OCH3 is 3. The van der Waals surface area contributed by atoms with Gasteiger partial charge in [0.15, 0.2) is 11.6 Å². The molecule has 3 aromatic heterocycles. The molecular weight excluding hydrogens is 922 g/mol. The Kier molecular flexibility index (Phi) is 14.6. The molecule has 0 bridgehead atoms. The zero-order chi connectivity index (χ0) is 50.0. The van der Waals surface area contributed by atoms with Gasteiger partial charge in [-0.25, -0.2) is 19.2 Å². The number of pyridine rings is 2. The molecule has 0 saturated heterocycles. The van der Waals surface area contributed by atoms with Crippen molar-refractivity contribution in [1.82, 2.24) is 19.9 Å². The van der Waals surface area contributed by atoms with E-state index in [0.29, 0.717) is 17.1 Å². The summed E-state index contributed by atoms with van der Waals surface area (Å²) in [4.78, 5) is 34.9. The molecule has 4 heterocycles. The zero-order valence-corrected chi connectivity index (χ0v) is 40.7. The van der Waals surface area contributed by atoms with Crippen molar-refractivity contribution in [2.75, 3.05) is 56.2 Å². The summed E-state index contributed by atoms with van der Waals surface area (Å²) in [5.74, 6) is 0.216. The lowest BCUT2D eigenvalue weighted by atomic mass is 9.98. The standard InChI is InChI=1S/C50H54ClF4N7O7/c1-28-24-35(61(25-30-13-17-32(64-8)18-14-30)26-31-15-19-33(65-9)20-16-31)57-41(38(28)50(53,54)55)36-39(51)43-37-42(40(36)52)58-46(68-27-49(6,7)66-10)60-45(37)62(22-23-67-43)29(2)34-12-11-21-56-44(34)59-47(63)69-48(3,4)5/h11-21,24,29H,22-23,25-27H2,1-10H3,(H,56,59,63)/t29-/m1/s1. The highest BCUT2D eigenvalue weighted by Gasteiger charge is 2.41. The van der Waals surface area contributed by atoms with Crippen molar-refractivity contribution in [3.63, 3.8) is 0 Å². The number of benzene rings is 3. The molecule has 1 atom stereocenters. The van der Waals surface area contributed by atoms with Gasteiger partial charge in [0.05, 0.1) is 59.6 Å². The molecule has 7 rings (SSSR count). The van der Waals surface area contributed by atoms with Crippen LogP contribution in [0, 0.1) is 12.7 Å². The quantitative estimate of drug-likeness (QED) is 0.0976. The van der Waals surface area contributed by atoms with Crippen molar-refractivity contribution in [2.24, 2.45) is 0 Å². The Labute approximate surface area is 402 Å². The lowest BCUT2D eigenvalue weighted by molar-refractivity contribution is -0.137. The molecule has 0 spiro atoms. The minimum Gasteiger partial charge on any atom is -0.497 e. The van der Waals surface area contributed by atoms with Crippen LogP contribution in [0.4, 0.5) is 39.8 Å². The predicted molar refractivity (Wildman–Crippen MR) is 255 cm³/mol. The third kappa shape index (κ3) is 11.3. The van der Waals surface area contributed by atoms with E-state index >= 15 is 17.6 Å². The molecule has 0 aliphatic carbocycles. The Balaban J connectivity index is 1.44. The first-order valence-electron chi connectivity index (χ1n) is 22.0. The van der Waals surface area contributed by atoms with Gasteiger partial charge < -0.3 is 38.2 Å². The molecule has 19 heteroatoms. The third-order valence-corrected chi connectivity index (χ3v) is 11.7. The summed E-state index contributed by atoms with van der Waals surface area (Å²) in [6, 6.07) is 18.2. The Morgan fingerprint density at radius 1 is 0.928 bits per heavy atom. The average molecular weight is 976 g/mol. The molecule has 1 amide bonds. The monoisotopic (exact) mass is 975 g/mol. The van der Waals surface area contributed by atoms with Crippen LogP contribution in [0.3, 0.4) is 0 Å². The van der Waals surface area contributed by atoms with Crippen molar-refractivity contribution in [3.8, 4) is 34.5 Å². The molecule has 14 nitrogen and oxygen atoms in total. The van der Waals surface area contributed by atoms with Crippen molar-refractivity contribution >= 4 is 46.1 Å². The van der Waals surface area contributed by atoms with Gasteiger partial charge in [-0.1, -0.05) is 41.9 Å². The molecule has 0 unspecified atom stereocenters. The number of amides is 1. The minimum absolute atomic E-state index is 0.0310. The highest BCUT2D eigenvalue weighted by molar-refractivity contribution is 6.36. The van der Waals surface area contributed by atoms with E-state index in [1.165, 1.54) is 26.3 Å². The molecule has 0 fully saturated rings.